The summed E-state index contributed by atoms with van der Waals surface area (Å²) in [4.78, 5) is 14.1. The SMILES string of the molecule is CCC/C=C/CCC([O-])=NC(C)CC(=O)O.[Na+]. The van der Waals surface area contributed by atoms with Crippen LogP contribution in [0, 0.1) is 0 Å². The number of carboxylic acids is 1. The van der Waals surface area contributed by atoms with Gasteiger partial charge >= 0.3 is 35.5 Å². The van der Waals surface area contributed by atoms with Crippen LogP contribution in [0.5, 0.6) is 0 Å². The minimum atomic E-state index is -0.924. The minimum Gasteiger partial charge on any atom is -0.862 e. The molecule has 0 aliphatic carbocycles. The van der Waals surface area contributed by atoms with Crippen LogP contribution in [0.25, 0.3) is 0 Å². The summed E-state index contributed by atoms with van der Waals surface area (Å²) in [6, 6.07) is -0.426. The van der Waals surface area contributed by atoms with Gasteiger partial charge in [0.2, 0.25) is 0 Å². The van der Waals surface area contributed by atoms with E-state index in [9.17, 15) is 9.90 Å². The van der Waals surface area contributed by atoms with Crippen molar-refractivity contribution in [2.45, 2.75) is 52.0 Å². The van der Waals surface area contributed by atoms with Crippen LogP contribution < -0.4 is 34.7 Å². The monoisotopic (exact) mass is 249 g/mol. The molecule has 0 aliphatic rings. The Labute approximate surface area is 125 Å². The van der Waals surface area contributed by atoms with Gasteiger partial charge in [-0.15, -0.1) is 0 Å². The fourth-order valence-corrected chi connectivity index (χ4v) is 1.22. The Balaban J connectivity index is 0. The van der Waals surface area contributed by atoms with E-state index >= 15 is 0 Å². The topological polar surface area (TPSA) is 72.7 Å². The van der Waals surface area contributed by atoms with Gasteiger partial charge in [-0.3, -0.25) is 4.79 Å². The normalized spacial score (nSPS) is 13.4. The number of hydrogen-bond donors (Lipinski definition) is 1. The fourth-order valence-electron chi connectivity index (χ4n) is 1.22. The molecule has 0 rings (SSSR count). The summed E-state index contributed by atoms with van der Waals surface area (Å²) in [5.41, 5.74) is 0. The number of nitrogens with zero attached hydrogens (tertiary/aromatic N) is 1. The van der Waals surface area contributed by atoms with Crippen LogP contribution in [0.15, 0.2) is 17.1 Å². The van der Waals surface area contributed by atoms with Gasteiger partial charge < -0.3 is 15.2 Å². The van der Waals surface area contributed by atoms with Gasteiger partial charge in [0.25, 0.3) is 0 Å². The molecule has 0 spiro atoms. The summed E-state index contributed by atoms with van der Waals surface area (Å²) in [5, 5.41) is 19.8. The van der Waals surface area contributed by atoms with E-state index in [2.05, 4.69) is 11.9 Å². The molecule has 92 valence electrons. The van der Waals surface area contributed by atoms with E-state index < -0.39 is 12.0 Å². The molecule has 1 N–H and O–H groups in total. The van der Waals surface area contributed by atoms with Gasteiger partial charge in [-0.1, -0.05) is 25.5 Å². The van der Waals surface area contributed by atoms with Crippen LogP contribution in [0.1, 0.15) is 46.0 Å². The van der Waals surface area contributed by atoms with E-state index in [4.69, 9.17) is 5.11 Å². The number of hydrogen-bond acceptors (Lipinski definition) is 3. The molecule has 0 heterocycles. The van der Waals surface area contributed by atoms with E-state index in [1.165, 1.54) is 0 Å². The Bertz CT molecular complexity index is 264. The van der Waals surface area contributed by atoms with Crippen molar-refractivity contribution in [3.05, 3.63) is 12.2 Å². The minimum absolute atomic E-state index is 0. The summed E-state index contributed by atoms with van der Waals surface area (Å²) in [6.07, 6.45) is 7.11. The molecule has 0 amide bonds. The zero-order valence-electron chi connectivity index (χ0n) is 11.0. The average Bonchev–Trinajstić information content (AvgIpc) is 2.15. The van der Waals surface area contributed by atoms with Crippen molar-refractivity contribution in [2.75, 3.05) is 0 Å². The first-order valence-corrected chi connectivity index (χ1v) is 5.66. The molecule has 0 aromatic heterocycles. The van der Waals surface area contributed by atoms with Crippen LogP contribution in [-0.4, -0.2) is 23.0 Å². The van der Waals surface area contributed by atoms with Crippen molar-refractivity contribution in [1.82, 2.24) is 0 Å². The van der Waals surface area contributed by atoms with Gasteiger partial charge in [0.1, 0.15) is 0 Å². The summed E-state index contributed by atoms with van der Waals surface area (Å²) in [5.74, 6) is -1.14. The maximum atomic E-state index is 11.3. The zero-order chi connectivity index (χ0) is 12.4. The van der Waals surface area contributed by atoms with Crippen molar-refractivity contribution in [3.8, 4) is 0 Å². The molecule has 5 heteroatoms. The molecule has 0 radical (unpaired) electrons. The summed E-state index contributed by atoms with van der Waals surface area (Å²) in [7, 11) is 0. The second-order valence-corrected chi connectivity index (χ2v) is 3.77. The Hall–Kier alpha value is -0.320. The average molecular weight is 249 g/mol. The molecule has 1 atom stereocenters. The van der Waals surface area contributed by atoms with Crippen LogP contribution in [0.2, 0.25) is 0 Å². The summed E-state index contributed by atoms with van der Waals surface area (Å²) >= 11 is 0. The first kappa shape index (κ1) is 19.0. The van der Waals surface area contributed by atoms with Crippen LogP contribution in [0.4, 0.5) is 0 Å². The number of carbonyl (C=O) groups is 1. The predicted molar refractivity (Wildman–Crippen MR) is 62.4 cm³/mol. The van der Waals surface area contributed by atoms with Gasteiger partial charge in [0.15, 0.2) is 0 Å². The molecular weight excluding hydrogens is 229 g/mol. The molecule has 0 aromatic rings. The Kier molecular flexibility index (Phi) is 13.6. The molecule has 17 heavy (non-hydrogen) atoms. The standard InChI is InChI=1S/C12H21NO3.Na/c1-3-4-5-6-7-8-11(14)13-10(2)9-12(15)16;/h5-6,10H,3-4,7-9H2,1-2H3,(H,13,14)(H,15,16);/q;+1/p-1/b6-5+;. The van der Waals surface area contributed by atoms with E-state index in [0.29, 0.717) is 12.8 Å². The second-order valence-electron chi connectivity index (χ2n) is 3.77. The largest absolute Gasteiger partial charge is 1.00 e. The third kappa shape index (κ3) is 13.6. The molecule has 0 aliphatic heterocycles. The maximum absolute atomic E-state index is 11.3. The third-order valence-corrected chi connectivity index (χ3v) is 1.98. The van der Waals surface area contributed by atoms with Gasteiger partial charge in [-0.05, 0) is 32.1 Å². The number of allylic oxidation sites excluding steroid dienone is 2. The number of aliphatic carboxylic acids is 1. The van der Waals surface area contributed by atoms with Gasteiger partial charge in [0.05, 0.1) is 12.5 Å². The predicted octanol–water partition coefficient (Wildman–Crippen LogP) is -1.25. The van der Waals surface area contributed by atoms with Crippen molar-refractivity contribution >= 4 is 11.9 Å². The van der Waals surface area contributed by atoms with Crippen LogP contribution in [-0.2, 0) is 4.79 Å². The summed E-state index contributed by atoms with van der Waals surface area (Å²) < 4.78 is 0. The first-order valence-electron chi connectivity index (χ1n) is 5.66. The molecule has 0 fully saturated rings. The third-order valence-electron chi connectivity index (χ3n) is 1.98. The molecule has 0 saturated carbocycles. The number of aliphatic imine (C=N–C) groups is 1. The number of rotatable bonds is 8. The quantitative estimate of drug-likeness (QED) is 0.253. The van der Waals surface area contributed by atoms with E-state index in [1.807, 2.05) is 12.2 Å². The van der Waals surface area contributed by atoms with Gasteiger partial charge in [-0.25, -0.2) is 0 Å². The fraction of sp³-hybridized carbons (Fsp3) is 0.667. The second kappa shape index (κ2) is 12.1. The molecule has 0 aromatic carbocycles. The molecule has 4 nitrogen and oxygen atoms in total. The van der Waals surface area contributed by atoms with E-state index in [-0.39, 0.29) is 41.9 Å². The van der Waals surface area contributed by atoms with Crippen LogP contribution >= 0.6 is 0 Å². The van der Waals surface area contributed by atoms with E-state index in [1.54, 1.807) is 6.92 Å². The smallest absolute Gasteiger partial charge is 0.862 e. The first-order chi connectivity index (χ1) is 7.56. The van der Waals surface area contributed by atoms with Gasteiger partial charge in [-0.2, -0.15) is 0 Å². The molecule has 0 saturated heterocycles. The maximum Gasteiger partial charge on any atom is 1.00 e. The van der Waals surface area contributed by atoms with Crippen molar-refractivity contribution in [1.29, 1.82) is 0 Å². The van der Waals surface area contributed by atoms with Crippen molar-refractivity contribution in [2.24, 2.45) is 4.99 Å². The summed E-state index contributed by atoms with van der Waals surface area (Å²) in [6.45, 7) is 3.73. The zero-order valence-corrected chi connectivity index (χ0v) is 13.0. The Morgan fingerprint density at radius 2 is 2.00 bits per heavy atom. The number of unbranched alkanes of at least 4 members (excludes halogenated alkanes) is 1. The Morgan fingerprint density at radius 3 is 2.53 bits per heavy atom. The van der Waals surface area contributed by atoms with Crippen LogP contribution in [0.3, 0.4) is 0 Å². The molecular formula is C12H20NNaO3. The van der Waals surface area contributed by atoms with Gasteiger partial charge in [0, 0.05) is 0 Å². The molecule has 0 bridgehead atoms. The Morgan fingerprint density at radius 1 is 1.41 bits per heavy atom. The molecule has 1 unspecified atom stereocenters. The number of carboxylic acid groups (broad SMARTS) is 1. The van der Waals surface area contributed by atoms with E-state index in [0.717, 1.165) is 12.8 Å². The van der Waals surface area contributed by atoms with Crippen molar-refractivity contribution < 1.29 is 44.6 Å². The van der Waals surface area contributed by atoms with Crippen molar-refractivity contribution in [3.63, 3.8) is 0 Å².